The van der Waals surface area contributed by atoms with Crippen LogP contribution in [0.4, 0.5) is 5.82 Å². The van der Waals surface area contributed by atoms with Crippen molar-refractivity contribution < 1.29 is 0 Å². The van der Waals surface area contributed by atoms with E-state index in [1.54, 1.807) is 23.1 Å². The van der Waals surface area contributed by atoms with Crippen LogP contribution >= 0.6 is 0 Å². The van der Waals surface area contributed by atoms with Crippen molar-refractivity contribution in [1.82, 2.24) is 19.3 Å². The second-order valence-corrected chi connectivity index (χ2v) is 8.03. The van der Waals surface area contributed by atoms with Crippen LogP contribution in [0.1, 0.15) is 55.8 Å². The molecule has 2 fully saturated rings. The Hall–Kier alpha value is -2.44. The van der Waals surface area contributed by atoms with Crippen LogP contribution in [0.25, 0.3) is 0 Å². The number of aryl methyl sites for hydroxylation is 2. The molecule has 1 saturated carbocycles. The predicted octanol–water partition coefficient (Wildman–Crippen LogP) is 1.68. The molecule has 2 aromatic rings. The summed E-state index contributed by atoms with van der Waals surface area (Å²) < 4.78 is 3.43. The molecule has 142 valence electrons. The Morgan fingerprint density at radius 2 is 1.93 bits per heavy atom. The molecule has 7 nitrogen and oxygen atoms in total. The predicted molar refractivity (Wildman–Crippen MR) is 102 cm³/mol. The first kappa shape index (κ1) is 16.7. The van der Waals surface area contributed by atoms with Gasteiger partial charge in [-0.15, -0.1) is 0 Å². The van der Waals surface area contributed by atoms with Gasteiger partial charge in [-0.25, -0.2) is 9.67 Å². The summed E-state index contributed by atoms with van der Waals surface area (Å²) in [6.45, 7) is 1.33. The van der Waals surface area contributed by atoms with Crippen LogP contribution in [-0.4, -0.2) is 31.9 Å². The molecule has 1 saturated heterocycles. The fourth-order valence-electron chi connectivity index (χ4n) is 4.49. The van der Waals surface area contributed by atoms with Gasteiger partial charge in [0.1, 0.15) is 0 Å². The first-order valence-electron chi connectivity index (χ1n) is 10.1. The van der Waals surface area contributed by atoms with E-state index in [-0.39, 0.29) is 17.2 Å². The SMILES string of the molecule is O=c1c(N2CCCC2Cn2nc3c(cc2=O)CCCC3)nccn1C1CC1. The summed E-state index contributed by atoms with van der Waals surface area (Å²) >= 11 is 0. The minimum absolute atomic E-state index is 0.00218. The smallest absolute Gasteiger partial charge is 0.293 e. The lowest BCUT2D eigenvalue weighted by Crippen LogP contribution is -2.41. The molecule has 7 heteroatoms. The van der Waals surface area contributed by atoms with Gasteiger partial charge in [-0.05, 0) is 56.9 Å². The Kier molecular flexibility index (Phi) is 4.10. The van der Waals surface area contributed by atoms with Gasteiger partial charge in [0.05, 0.1) is 18.3 Å². The molecule has 2 aromatic heterocycles. The number of anilines is 1. The molecule has 1 unspecified atom stereocenters. The average Bonchev–Trinajstić information content (AvgIpc) is 3.42. The molecule has 2 aliphatic carbocycles. The molecule has 5 rings (SSSR count). The molecular weight excluding hydrogens is 342 g/mol. The number of fused-ring (bicyclic) bond motifs is 1. The number of hydrogen-bond donors (Lipinski definition) is 0. The highest BCUT2D eigenvalue weighted by atomic mass is 16.1. The Labute approximate surface area is 157 Å². The van der Waals surface area contributed by atoms with Gasteiger partial charge in [-0.1, -0.05) is 0 Å². The van der Waals surface area contributed by atoms with E-state index in [0.29, 0.717) is 18.4 Å². The first-order valence-corrected chi connectivity index (χ1v) is 10.1. The van der Waals surface area contributed by atoms with Crippen molar-refractivity contribution in [2.24, 2.45) is 0 Å². The molecule has 0 aromatic carbocycles. The van der Waals surface area contributed by atoms with Crippen LogP contribution in [-0.2, 0) is 19.4 Å². The van der Waals surface area contributed by atoms with E-state index in [1.807, 2.05) is 4.57 Å². The molecule has 0 bridgehead atoms. The van der Waals surface area contributed by atoms with Gasteiger partial charge in [0.2, 0.25) is 0 Å². The van der Waals surface area contributed by atoms with Gasteiger partial charge in [0.25, 0.3) is 11.1 Å². The van der Waals surface area contributed by atoms with E-state index in [9.17, 15) is 9.59 Å². The van der Waals surface area contributed by atoms with Crippen molar-refractivity contribution in [2.45, 2.75) is 70.0 Å². The van der Waals surface area contributed by atoms with E-state index < -0.39 is 0 Å². The molecule has 0 N–H and O–H groups in total. The summed E-state index contributed by atoms with van der Waals surface area (Å²) in [5.41, 5.74) is 2.15. The number of nitrogens with zero attached hydrogens (tertiary/aromatic N) is 5. The Morgan fingerprint density at radius 1 is 1.07 bits per heavy atom. The van der Waals surface area contributed by atoms with Gasteiger partial charge in [0, 0.05) is 31.0 Å². The summed E-state index contributed by atoms with van der Waals surface area (Å²) in [6, 6.07) is 2.19. The summed E-state index contributed by atoms with van der Waals surface area (Å²) in [5.74, 6) is 0.526. The fourth-order valence-corrected chi connectivity index (χ4v) is 4.49. The largest absolute Gasteiger partial charge is 0.347 e. The van der Waals surface area contributed by atoms with Gasteiger partial charge in [-0.3, -0.25) is 9.59 Å². The van der Waals surface area contributed by atoms with E-state index in [0.717, 1.165) is 69.2 Å². The highest BCUT2D eigenvalue weighted by molar-refractivity contribution is 5.39. The minimum Gasteiger partial charge on any atom is -0.347 e. The van der Waals surface area contributed by atoms with Crippen LogP contribution in [0.3, 0.4) is 0 Å². The lowest BCUT2D eigenvalue weighted by molar-refractivity contribution is 0.470. The molecule has 0 spiro atoms. The zero-order chi connectivity index (χ0) is 18.4. The third kappa shape index (κ3) is 3.09. The monoisotopic (exact) mass is 367 g/mol. The normalized spacial score (nSPS) is 22.1. The van der Waals surface area contributed by atoms with Crippen LogP contribution < -0.4 is 16.0 Å². The maximum absolute atomic E-state index is 12.9. The Bertz CT molecular complexity index is 975. The highest BCUT2D eigenvalue weighted by Gasteiger charge is 2.31. The maximum Gasteiger partial charge on any atom is 0.293 e. The lowest BCUT2D eigenvalue weighted by Gasteiger charge is -2.26. The average molecular weight is 367 g/mol. The zero-order valence-corrected chi connectivity index (χ0v) is 15.5. The molecule has 1 aliphatic heterocycles. The lowest BCUT2D eigenvalue weighted by atomic mass is 9.97. The van der Waals surface area contributed by atoms with Crippen LogP contribution in [0, 0.1) is 0 Å². The second kappa shape index (κ2) is 6.62. The molecule has 3 aliphatic rings. The van der Waals surface area contributed by atoms with E-state index >= 15 is 0 Å². The van der Waals surface area contributed by atoms with Crippen molar-refractivity contribution in [3.05, 3.63) is 50.4 Å². The van der Waals surface area contributed by atoms with Crippen molar-refractivity contribution >= 4 is 5.82 Å². The fraction of sp³-hybridized carbons (Fsp3) is 0.600. The first-order chi connectivity index (χ1) is 13.2. The second-order valence-electron chi connectivity index (χ2n) is 8.03. The third-order valence-electron chi connectivity index (χ3n) is 6.10. The number of hydrogen-bond acceptors (Lipinski definition) is 5. The van der Waals surface area contributed by atoms with Crippen molar-refractivity contribution in [1.29, 1.82) is 0 Å². The highest BCUT2D eigenvalue weighted by Crippen LogP contribution is 2.33. The van der Waals surface area contributed by atoms with Gasteiger partial charge in [0.15, 0.2) is 5.82 Å². The van der Waals surface area contributed by atoms with Crippen LogP contribution in [0.15, 0.2) is 28.0 Å². The van der Waals surface area contributed by atoms with Crippen LogP contribution in [0.2, 0.25) is 0 Å². The van der Waals surface area contributed by atoms with Crippen molar-refractivity contribution in [2.75, 3.05) is 11.4 Å². The number of aromatic nitrogens is 4. The third-order valence-corrected chi connectivity index (χ3v) is 6.10. The van der Waals surface area contributed by atoms with Gasteiger partial charge >= 0.3 is 0 Å². The Morgan fingerprint density at radius 3 is 2.78 bits per heavy atom. The van der Waals surface area contributed by atoms with Crippen LogP contribution in [0.5, 0.6) is 0 Å². The van der Waals surface area contributed by atoms with E-state index in [2.05, 4.69) is 15.0 Å². The number of rotatable bonds is 4. The summed E-state index contributed by atoms with van der Waals surface area (Å²) in [7, 11) is 0. The van der Waals surface area contributed by atoms with E-state index in [4.69, 9.17) is 0 Å². The van der Waals surface area contributed by atoms with Crippen molar-refractivity contribution in [3.63, 3.8) is 0 Å². The maximum atomic E-state index is 12.9. The molecule has 0 radical (unpaired) electrons. The molecular formula is C20H25N5O2. The quantitative estimate of drug-likeness (QED) is 0.822. The summed E-state index contributed by atoms with van der Waals surface area (Å²) in [4.78, 5) is 31.9. The van der Waals surface area contributed by atoms with Crippen molar-refractivity contribution in [3.8, 4) is 0 Å². The summed E-state index contributed by atoms with van der Waals surface area (Å²) in [5, 5.41) is 4.66. The molecule has 27 heavy (non-hydrogen) atoms. The molecule has 1 atom stereocenters. The van der Waals surface area contributed by atoms with Gasteiger partial charge in [-0.2, -0.15) is 5.10 Å². The molecule has 0 amide bonds. The standard InChI is InChI=1S/C20H25N5O2/c26-18-12-14-4-1-2-6-17(14)22-25(18)13-16-5-3-10-23(16)19-20(27)24(11-9-21-19)15-7-8-15/h9,11-12,15-16H,1-8,10,13H2. The summed E-state index contributed by atoms with van der Waals surface area (Å²) in [6.07, 6.45) is 11.8. The molecule has 3 heterocycles. The topological polar surface area (TPSA) is 73.0 Å². The minimum atomic E-state index is -0.0288. The Balaban J connectivity index is 1.43. The zero-order valence-electron chi connectivity index (χ0n) is 15.5. The van der Waals surface area contributed by atoms with Gasteiger partial charge < -0.3 is 9.47 Å². The van der Waals surface area contributed by atoms with E-state index in [1.165, 1.54) is 0 Å².